The fraction of sp³-hybridized carbons (Fsp3) is 0.571. The van der Waals surface area contributed by atoms with Gasteiger partial charge in [0.2, 0.25) is 15.9 Å². The average Bonchev–Trinajstić information content (AvgIpc) is 3.27. The van der Waals surface area contributed by atoms with Gasteiger partial charge in [-0.05, 0) is 43.5 Å². The van der Waals surface area contributed by atoms with Gasteiger partial charge in [-0.3, -0.25) is 4.79 Å². The van der Waals surface area contributed by atoms with E-state index in [0.29, 0.717) is 55.1 Å². The molecule has 1 unspecified atom stereocenters. The lowest BCUT2D eigenvalue weighted by Crippen LogP contribution is -2.61. The van der Waals surface area contributed by atoms with E-state index in [9.17, 15) is 13.2 Å². The highest BCUT2D eigenvalue weighted by Gasteiger charge is 2.59. The number of methoxy groups -OCH3 is 1. The minimum Gasteiger partial charge on any atom is -0.497 e. The van der Waals surface area contributed by atoms with E-state index in [-0.39, 0.29) is 11.8 Å². The summed E-state index contributed by atoms with van der Waals surface area (Å²) in [7, 11) is -1.77. The number of rotatable bonds is 5. The van der Waals surface area contributed by atoms with Crippen molar-refractivity contribution in [2.24, 2.45) is 5.41 Å². The first kappa shape index (κ1) is 20.4. The quantitative estimate of drug-likeness (QED) is 0.689. The number of sulfonamides is 1. The third kappa shape index (κ3) is 3.51. The van der Waals surface area contributed by atoms with E-state index < -0.39 is 15.4 Å². The summed E-state index contributed by atoms with van der Waals surface area (Å²) in [5, 5.41) is 4.12. The van der Waals surface area contributed by atoms with E-state index in [1.54, 1.807) is 24.1 Å². The first-order valence-corrected chi connectivity index (χ1v) is 12.3. The normalized spacial score (nSPS) is 23.2. The Morgan fingerprint density at radius 3 is 2.61 bits per heavy atom. The highest BCUT2D eigenvalue weighted by atomic mass is 32.2. The van der Waals surface area contributed by atoms with Crippen LogP contribution in [0.2, 0.25) is 0 Å². The van der Waals surface area contributed by atoms with Crippen molar-refractivity contribution < 1.29 is 22.5 Å². The van der Waals surface area contributed by atoms with Gasteiger partial charge in [-0.2, -0.15) is 4.98 Å². The molecule has 166 valence electrons. The minimum atomic E-state index is -3.37. The van der Waals surface area contributed by atoms with Crippen molar-refractivity contribution in [1.82, 2.24) is 19.3 Å². The molecule has 2 saturated heterocycles. The van der Waals surface area contributed by atoms with Gasteiger partial charge in [-0.1, -0.05) is 5.16 Å². The number of carbonyl (C=O) groups is 1. The summed E-state index contributed by atoms with van der Waals surface area (Å²) in [6.45, 7) is 3.44. The molecule has 9 nitrogen and oxygen atoms in total. The van der Waals surface area contributed by atoms with E-state index in [1.165, 1.54) is 10.6 Å². The first-order valence-electron chi connectivity index (χ1n) is 10.4. The van der Waals surface area contributed by atoms with E-state index in [1.807, 2.05) is 13.0 Å². The number of hydrogen-bond acceptors (Lipinski definition) is 7. The molecule has 1 aliphatic carbocycles. The number of benzene rings is 1. The number of aryl methyl sites for hydroxylation is 1. The Labute approximate surface area is 181 Å². The largest absolute Gasteiger partial charge is 0.497 e. The molecule has 0 radical (unpaired) electrons. The van der Waals surface area contributed by atoms with Gasteiger partial charge in [0.15, 0.2) is 5.82 Å². The molecule has 10 heteroatoms. The Bertz CT molecular complexity index is 1130. The Morgan fingerprint density at radius 1 is 1.26 bits per heavy atom. The van der Waals surface area contributed by atoms with Crippen molar-refractivity contribution in [3.8, 4) is 5.75 Å². The molecular weight excluding hydrogens is 420 g/mol. The summed E-state index contributed by atoms with van der Waals surface area (Å²) in [4.78, 5) is 19.5. The summed E-state index contributed by atoms with van der Waals surface area (Å²) >= 11 is 0. The number of nitrogens with zero attached hydrogens (tertiary/aromatic N) is 4. The molecule has 3 fully saturated rings. The number of likely N-dealkylation sites (tertiary alicyclic amines) is 1. The van der Waals surface area contributed by atoms with Crippen molar-refractivity contribution in [3.05, 3.63) is 41.0 Å². The fourth-order valence-corrected chi connectivity index (χ4v) is 5.67. The summed E-state index contributed by atoms with van der Waals surface area (Å²) < 4.78 is 36.8. The molecule has 1 aromatic carbocycles. The molecule has 1 saturated carbocycles. The lowest BCUT2D eigenvalue weighted by Gasteiger charge is -2.50. The van der Waals surface area contributed by atoms with Crippen LogP contribution in [-0.2, 0) is 10.0 Å². The first-order chi connectivity index (χ1) is 14.7. The maximum atomic E-state index is 13.1. The molecule has 1 spiro atoms. The summed E-state index contributed by atoms with van der Waals surface area (Å²) in [6.07, 6.45) is 3.34. The predicted octanol–water partition coefficient (Wildman–Crippen LogP) is 1.77. The zero-order valence-corrected chi connectivity index (χ0v) is 18.7. The molecule has 2 aliphatic heterocycles. The Kier molecular flexibility index (Phi) is 4.63. The zero-order chi connectivity index (χ0) is 22.0. The van der Waals surface area contributed by atoms with Crippen LogP contribution in [0.15, 0.2) is 22.7 Å². The third-order valence-corrected chi connectivity index (χ3v) is 7.96. The lowest BCUT2D eigenvalue weighted by molar-refractivity contribution is 0.00126. The second-order valence-corrected chi connectivity index (χ2v) is 11.1. The molecule has 31 heavy (non-hydrogen) atoms. The standard InChI is InChI=1S/C21H26N4O5S/c1-13-8-15(29-2)6-7-16(13)20(26)24-10-21(11-24)12-25(31(3,27)28)9-17(21)19-22-18(23-30-19)14-4-5-14/h6-8,14,17H,4-5,9-12H2,1-3H3. The van der Waals surface area contributed by atoms with Crippen molar-refractivity contribution in [2.75, 3.05) is 39.5 Å². The second-order valence-electron chi connectivity index (χ2n) is 9.08. The summed E-state index contributed by atoms with van der Waals surface area (Å²) in [5.74, 6) is 1.98. The lowest BCUT2D eigenvalue weighted by atomic mass is 9.71. The van der Waals surface area contributed by atoms with Crippen LogP contribution in [0.25, 0.3) is 0 Å². The van der Waals surface area contributed by atoms with Crippen LogP contribution in [0.3, 0.4) is 0 Å². The van der Waals surface area contributed by atoms with Crippen LogP contribution in [0, 0.1) is 12.3 Å². The van der Waals surface area contributed by atoms with Gasteiger partial charge in [-0.15, -0.1) is 0 Å². The number of hydrogen-bond donors (Lipinski definition) is 0. The van der Waals surface area contributed by atoms with Gasteiger partial charge in [0, 0.05) is 43.1 Å². The smallest absolute Gasteiger partial charge is 0.254 e. The van der Waals surface area contributed by atoms with Crippen LogP contribution < -0.4 is 4.74 Å². The minimum absolute atomic E-state index is 0.0634. The fourth-order valence-electron chi connectivity index (χ4n) is 4.76. The van der Waals surface area contributed by atoms with Crippen LogP contribution >= 0.6 is 0 Å². The molecule has 0 bridgehead atoms. The van der Waals surface area contributed by atoms with Gasteiger partial charge < -0.3 is 14.2 Å². The highest BCUT2D eigenvalue weighted by molar-refractivity contribution is 7.88. The Morgan fingerprint density at radius 2 is 2.00 bits per heavy atom. The average molecular weight is 447 g/mol. The molecule has 1 atom stereocenters. The SMILES string of the molecule is COc1ccc(C(=O)N2CC3(C2)CN(S(C)(=O)=O)CC3c2nc(C3CC3)no2)c(C)c1. The van der Waals surface area contributed by atoms with E-state index in [0.717, 1.165) is 18.4 Å². The van der Waals surface area contributed by atoms with Crippen molar-refractivity contribution in [2.45, 2.75) is 31.6 Å². The molecule has 2 aromatic rings. The van der Waals surface area contributed by atoms with Gasteiger partial charge in [0.1, 0.15) is 5.75 Å². The van der Waals surface area contributed by atoms with E-state index in [4.69, 9.17) is 9.26 Å². The molecule has 0 N–H and O–H groups in total. The maximum absolute atomic E-state index is 13.1. The number of aromatic nitrogens is 2. The topological polar surface area (TPSA) is 106 Å². The molecule has 3 aliphatic rings. The number of ether oxygens (including phenoxy) is 1. The molecular formula is C21H26N4O5S. The van der Waals surface area contributed by atoms with Crippen molar-refractivity contribution >= 4 is 15.9 Å². The zero-order valence-electron chi connectivity index (χ0n) is 17.9. The summed E-state index contributed by atoms with van der Waals surface area (Å²) in [6, 6.07) is 5.39. The third-order valence-electron chi connectivity index (χ3n) is 6.75. The number of amides is 1. The van der Waals surface area contributed by atoms with E-state index in [2.05, 4.69) is 10.1 Å². The Hall–Kier alpha value is -2.46. The van der Waals surface area contributed by atoms with Crippen LogP contribution in [0.5, 0.6) is 5.75 Å². The van der Waals surface area contributed by atoms with Crippen molar-refractivity contribution in [3.63, 3.8) is 0 Å². The molecule has 3 heterocycles. The molecule has 1 aromatic heterocycles. The summed E-state index contributed by atoms with van der Waals surface area (Å²) in [5.41, 5.74) is 1.06. The van der Waals surface area contributed by atoms with Crippen LogP contribution in [0.4, 0.5) is 0 Å². The molecule has 5 rings (SSSR count). The van der Waals surface area contributed by atoms with E-state index >= 15 is 0 Å². The van der Waals surface area contributed by atoms with Gasteiger partial charge in [-0.25, -0.2) is 12.7 Å². The maximum Gasteiger partial charge on any atom is 0.254 e. The van der Waals surface area contributed by atoms with Gasteiger partial charge >= 0.3 is 0 Å². The number of carbonyl (C=O) groups excluding carboxylic acids is 1. The highest BCUT2D eigenvalue weighted by Crippen LogP contribution is 2.50. The van der Waals surface area contributed by atoms with Gasteiger partial charge in [0.05, 0.1) is 19.3 Å². The van der Waals surface area contributed by atoms with Crippen LogP contribution in [-0.4, -0.2) is 73.2 Å². The molecule has 1 amide bonds. The predicted molar refractivity (Wildman–Crippen MR) is 111 cm³/mol. The monoisotopic (exact) mass is 446 g/mol. The van der Waals surface area contributed by atoms with Gasteiger partial charge in [0.25, 0.3) is 5.91 Å². The Balaban J connectivity index is 1.38. The van der Waals surface area contributed by atoms with Crippen molar-refractivity contribution in [1.29, 1.82) is 0 Å². The second kappa shape index (κ2) is 7.03. The van der Waals surface area contributed by atoms with Crippen LogP contribution in [0.1, 0.15) is 52.3 Å².